The van der Waals surface area contributed by atoms with Gasteiger partial charge < -0.3 is 15.4 Å². The zero-order chi connectivity index (χ0) is 18.3. The lowest BCUT2D eigenvalue weighted by atomic mass is 10.1. The van der Waals surface area contributed by atoms with Crippen LogP contribution in [0.4, 0.5) is 24.8 Å². The van der Waals surface area contributed by atoms with Gasteiger partial charge in [0.25, 0.3) is 5.91 Å². The fourth-order valence-corrected chi connectivity index (χ4v) is 1.99. The number of nitrogens with one attached hydrogen (secondary N) is 2. The van der Waals surface area contributed by atoms with Crippen molar-refractivity contribution in [3.63, 3.8) is 0 Å². The molecule has 2 aromatic rings. The molecule has 0 atom stereocenters. The maximum Gasteiger partial charge on any atom is 0.418 e. The lowest BCUT2D eigenvalue weighted by Crippen LogP contribution is -2.25. The zero-order valence-corrected chi connectivity index (χ0v) is 13.4. The van der Waals surface area contributed by atoms with Crippen LogP contribution >= 0.6 is 0 Å². The molecule has 9 heteroatoms. The van der Waals surface area contributed by atoms with Crippen molar-refractivity contribution in [1.82, 2.24) is 15.3 Å². The number of methoxy groups -OCH3 is 1. The lowest BCUT2D eigenvalue weighted by molar-refractivity contribution is -0.136. The Bertz CT molecular complexity index is 705. The molecule has 1 aromatic carbocycles. The second kappa shape index (κ2) is 8.43. The molecule has 0 aliphatic heterocycles. The van der Waals surface area contributed by atoms with Crippen molar-refractivity contribution in [2.24, 2.45) is 0 Å². The number of amides is 1. The molecule has 1 heterocycles. The van der Waals surface area contributed by atoms with Gasteiger partial charge in [0.05, 0.1) is 16.8 Å². The minimum atomic E-state index is -4.49. The molecule has 0 aliphatic rings. The van der Waals surface area contributed by atoms with Crippen molar-refractivity contribution in [2.45, 2.75) is 12.6 Å². The Labute approximate surface area is 142 Å². The van der Waals surface area contributed by atoms with E-state index in [0.717, 1.165) is 6.07 Å². The molecular weight excluding hydrogens is 337 g/mol. The first-order valence-electron chi connectivity index (χ1n) is 7.44. The smallest absolute Gasteiger partial charge is 0.385 e. The minimum absolute atomic E-state index is 0.0346. The first-order chi connectivity index (χ1) is 11.9. The largest absolute Gasteiger partial charge is 0.418 e. The van der Waals surface area contributed by atoms with Crippen LogP contribution in [-0.4, -0.2) is 36.1 Å². The van der Waals surface area contributed by atoms with Crippen LogP contribution in [0.25, 0.3) is 0 Å². The first-order valence-corrected chi connectivity index (χ1v) is 7.44. The van der Waals surface area contributed by atoms with E-state index in [4.69, 9.17) is 4.74 Å². The molecular formula is C16H17F3N4O2. The van der Waals surface area contributed by atoms with Gasteiger partial charge in [-0.1, -0.05) is 12.1 Å². The van der Waals surface area contributed by atoms with Crippen molar-refractivity contribution < 1.29 is 22.7 Å². The van der Waals surface area contributed by atoms with Gasteiger partial charge in [0.15, 0.2) is 0 Å². The van der Waals surface area contributed by atoms with Gasteiger partial charge in [0.1, 0.15) is 0 Å². The van der Waals surface area contributed by atoms with Gasteiger partial charge >= 0.3 is 6.18 Å². The number of hydrogen-bond acceptors (Lipinski definition) is 5. The lowest BCUT2D eigenvalue weighted by Gasteiger charge is -2.13. The maximum atomic E-state index is 13.0. The SMILES string of the molecule is COCCCNC(=O)c1cnc(Nc2ccccc2C(F)(F)F)nc1. The number of rotatable bonds is 7. The van der Waals surface area contributed by atoms with Gasteiger partial charge in [-0.15, -0.1) is 0 Å². The number of para-hydroxylation sites is 1. The fourth-order valence-electron chi connectivity index (χ4n) is 1.99. The van der Waals surface area contributed by atoms with E-state index in [9.17, 15) is 18.0 Å². The monoisotopic (exact) mass is 354 g/mol. The van der Waals surface area contributed by atoms with Crippen molar-refractivity contribution >= 4 is 17.5 Å². The highest BCUT2D eigenvalue weighted by atomic mass is 19.4. The van der Waals surface area contributed by atoms with Crippen LogP contribution in [0.2, 0.25) is 0 Å². The molecule has 2 N–H and O–H groups in total. The quantitative estimate of drug-likeness (QED) is 0.748. The van der Waals surface area contributed by atoms with Crippen LogP contribution in [0, 0.1) is 0 Å². The number of halogens is 3. The Balaban J connectivity index is 2.03. The molecule has 134 valence electrons. The number of hydrogen-bond donors (Lipinski definition) is 2. The number of aromatic nitrogens is 2. The summed E-state index contributed by atoms with van der Waals surface area (Å²) < 4.78 is 43.7. The molecule has 0 radical (unpaired) electrons. The molecule has 0 spiro atoms. The van der Waals surface area contributed by atoms with Gasteiger partial charge in [-0.2, -0.15) is 13.2 Å². The van der Waals surface area contributed by atoms with Gasteiger partial charge in [0.2, 0.25) is 5.95 Å². The van der Waals surface area contributed by atoms with Crippen molar-refractivity contribution in [2.75, 3.05) is 25.6 Å². The third-order valence-electron chi connectivity index (χ3n) is 3.20. The number of carbonyl (C=O) groups excluding carboxylic acids is 1. The standard InChI is InChI=1S/C16H17F3N4O2/c1-25-8-4-7-20-14(24)11-9-21-15(22-10-11)23-13-6-3-2-5-12(13)16(17,18)19/h2-3,5-6,9-10H,4,7-8H2,1H3,(H,20,24)(H,21,22,23). The topological polar surface area (TPSA) is 76.1 Å². The van der Waals surface area contributed by atoms with E-state index in [0.29, 0.717) is 19.6 Å². The Hall–Kier alpha value is -2.68. The molecule has 0 aliphatic carbocycles. The van der Waals surface area contributed by atoms with Crippen molar-refractivity contribution in [3.8, 4) is 0 Å². The average Bonchev–Trinajstić information content (AvgIpc) is 2.59. The van der Waals surface area contributed by atoms with Crippen LogP contribution in [0.5, 0.6) is 0 Å². The van der Waals surface area contributed by atoms with Gasteiger partial charge in [-0.25, -0.2) is 9.97 Å². The summed E-state index contributed by atoms with van der Waals surface area (Å²) in [5.74, 6) is -0.397. The molecule has 0 saturated carbocycles. The highest BCUT2D eigenvalue weighted by Crippen LogP contribution is 2.35. The zero-order valence-electron chi connectivity index (χ0n) is 13.4. The summed E-state index contributed by atoms with van der Waals surface area (Å²) in [4.78, 5) is 19.6. The van der Waals surface area contributed by atoms with Crippen molar-refractivity contribution in [3.05, 3.63) is 47.8 Å². The molecule has 2 rings (SSSR count). The molecule has 25 heavy (non-hydrogen) atoms. The highest BCUT2D eigenvalue weighted by molar-refractivity contribution is 5.93. The van der Waals surface area contributed by atoms with Gasteiger partial charge in [-0.3, -0.25) is 4.79 Å². The predicted molar refractivity (Wildman–Crippen MR) is 85.6 cm³/mol. The second-order valence-electron chi connectivity index (χ2n) is 5.07. The number of alkyl halides is 3. The van der Waals surface area contributed by atoms with Crippen LogP contribution in [0.15, 0.2) is 36.7 Å². The van der Waals surface area contributed by atoms with Gasteiger partial charge in [0, 0.05) is 32.7 Å². The predicted octanol–water partition coefficient (Wildman–Crippen LogP) is 3.01. The summed E-state index contributed by atoms with van der Waals surface area (Å²) in [6.07, 6.45) is -1.34. The van der Waals surface area contributed by atoms with E-state index in [2.05, 4.69) is 20.6 Å². The summed E-state index contributed by atoms with van der Waals surface area (Å²) in [6, 6.07) is 5.01. The number of anilines is 2. The third kappa shape index (κ3) is 5.42. The van der Waals surface area contributed by atoms with E-state index >= 15 is 0 Å². The Morgan fingerprint density at radius 2 is 1.88 bits per heavy atom. The van der Waals surface area contributed by atoms with Crippen molar-refractivity contribution in [1.29, 1.82) is 0 Å². The molecule has 0 saturated heterocycles. The number of carbonyl (C=O) groups is 1. The molecule has 0 unspecified atom stereocenters. The Morgan fingerprint density at radius 1 is 1.20 bits per heavy atom. The molecule has 6 nitrogen and oxygen atoms in total. The molecule has 0 bridgehead atoms. The Morgan fingerprint density at radius 3 is 2.52 bits per heavy atom. The summed E-state index contributed by atoms with van der Waals surface area (Å²) >= 11 is 0. The summed E-state index contributed by atoms with van der Waals surface area (Å²) in [5, 5.41) is 5.18. The Kier molecular flexibility index (Phi) is 6.29. The van der Waals surface area contributed by atoms with E-state index in [-0.39, 0.29) is 23.1 Å². The normalized spacial score (nSPS) is 11.2. The maximum absolute atomic E-state index is 13.0. The first kappa shape index (κ1) is 18.7. The van der Waals surface area contributed by atoms with E-state index in [1.807, 2.05) is 0 Å². The highest BCUT2D eigenvalue weighted by Gasteiger charge is 2.33. The number of nitrogens with zero attached hydrogens (tertiary/aromatic N) is 2. The number of benzene rings is 1. The number of ether oxygens (including phenoxy) is 1. The summed E-state index contributed by atoms with van der Waals surface area (Å²) in [5.41, 5.74) is -0.766. The third-order valence-corrected chi connectivity index (χ3v) is 3.20. The average molecular weight is 354 g/mol. The van der Waals surface area contributed by atoms with Crippen LogP contribution in [0.1, 0.15) is 22.3 Å². The summed E-state index contributed by atoms with van der Waals surface area (Å²) in [7, 11) is 1.57. The van der Waals surface area contributed by atoms with E-state index in [1.165, 1.54) is 30.6 Å². The van der Waals surface area contributed by atoms with E-state index < -0.39 is 11.7 Å². The molecule has 1 aromatic heterocycles. The van der Waals surface area contributed by atoms with E-state index in [1.54, 1.807) is 7.11 Å². The van der Waals surface area contributed by atoms with Crippen LogP contribution < -0.4 is 10.6 Å². The van der Waals surface area contributed by atoms with Crippen LogP contribution in [-0.2, 0) is 10.9 Å². The molecule has 1 amide bonds. The second-order valence-corrected chi connectivity index (χ2v) is 5.07. The fraction of sp³-hybridized carbons (Fsp3) is 0.312. The minimum Gasteiger partial charge on any atom is -0.385 e. The van der Waals surface area contributed by atoms with Crippen LogP contribution in [0.3, 0.4) is 0 Å². The van der Waals surface area contributed by atoms with Gasteiger partial charge in [-0.05, 0) is 18.6 Å². The molecule has 0 fully saturated rings. The summed E-state index contributed by atoms with van der Waals surface area (Å²) in [6.45, 7) is 0.962.